The topological polar surface area (TPSA) is 74.8 Å². The lowest BCUT2D eigenvalue weighted by Gasteiger charge is -2.33. The maximum Gasteiger partial charge on any atom is 0.237 e. The highest BCUT2D eigenvalue weighted by molar-refractivity contribution is 6.02. The third-order valence-electron chi connectivity index (χ3n) is 6.03. The second kappa shape index (κ2) is 10.1. The Morgan fingerprint density at radius 3 is 2.41 bits per heavy atom. The van der Waals surface area contributed by atoms with E-state index in [2.05, 4.69) is 24.1 Å². The van der Waals surface area contributed by atoms with E-state index in [0.29, 0.717) is 25.4 Å². The minimum absolute atomic E-state index is 0.0188. The molecule has 2 amide bonds. The summed E-state index contributed by atoms with van der Waals surface area (Å²) in [7, 11) is 0. The van der Waals surface area contributed by atoms with Crippen molar-refractivity contribution in [2.75, 3.05) is 31.1 Å². The maximum atomic E-state index is 13.1. The molecule has 2 aromatic rings. The van der Waals surface area contributed by atoms with Gasteiger partial charge in [0, 0.05) is 57.3 Å². The molecule has 2 saturated heterocycles. The minimum atomic E-state index is -0.0188. The largest absolute Gasteiger partial charge is 0.490 e. The molecule has 1 aromatic carbocycles. The van der Waals surface area contributed by atoms with Crippen molar-refractivity contribution in [1.29, 1.82) is 0 Å². The Labute approximate surface area is 189 Å². The van der Waals surface area contributed by atoms with Crippen molar-refractivity contribution in [3.05, 3.63) is 48.8 Å². The van der Waals surface area contributed by atoms with E-state index in [4.69, 9.17) is 4.74 Å². The highest BCUT2D eigenvalue weighted by Gasteiger charge is 2.31. The molecule has 0 saturated carbocycles. The summed E-state index contributed by atoms with van der Waals surface area (Å²) in [6, 6.07) is 11.4. The maximum absolute atomic E-state index is 13.1. The van der Waals surface area contributed by atoms with Crippen LogP contribution < -0.4 is 15.0 Å². The van der Waals surface area contributed by atoms with Crippen LogP contribution in [0, 0.1) is 11.8 Å². The summed E-state index contributed by atoms with van der Waals surface area (Å²) in [5.74, 6) is 1.46. The molecule has 0 bridgehead atoms. The fourth-order valence-corrected chi connectivity index (χ4v) is 4.10. The first kappa shape index (κ1) is 22.3. The number of likely N-dealkylation sites (tertiary alicyclic amines) is 1. The fraction of sp³-hybridized carbons (Fsp3) is 0.480. The van der Waals surface area contributed by atoms with Crippen LogP contribution in [0.15, 0.2) is 48.8 Å². The number of pyridine rings is 1. The van der Waals surface area contributed by atoms with Gasteiger partial charge >= 0.3 is 0 Å². The second-order valence-corrected chi connectivity index (χ2v) is 9.03. The fourth-order valence-electron chi connectivity index (χ4n) is 4.10. The number of rotatable bonds is 7. The number of carbonyl (C=O) groups excluding carboxylic acids is 2. The summed E-state index contributed by atoms with van der Waals surface area (Å²) < 4.78 is 6.18. The van der Waals surface area contributed by atoms with Crippen molar-refractivity contribution in [3.63, 3.8) is 0 Å². The van der Waals surface area contributed by atoms with Gasteiger partial charge in [-0.1, -0.05) is 13.8 Å². The van der Waals surface area contributed by atoms with Crippen molar-refractivity contribution >= 4 is 23.2 Å². The number of piperidine rings is 1. The number of anilines is 2. The van der Waals surface area contributed by atoms with Crippen LogP contribution >= 0.6 is 0 Å². The molecule has 0 unspecified atom stereocenters. The Balaban J connectivity index is 1.39. The molecule has 2 fully saturated rings. The number of amides is 2. The van der Waals surface area contributed by atoms with E-state index < -0.39 is 0 Å². The second-order valence-electron chi connectivity index (χ2n) is 9.03. The smallest absolute Gasteiger partial charge is 0.237 e. The molecule has 170 valence electrons. The van der Waals surface area contributed by atoms with Gasteiger partial charge in [0.2, 0.25) is 11.8 Å². The van der Waals surface area contributed by atoms with Crippen LogP contribution in [0.1, 0.15) is 33.1 Å². The number of ether oxygens (including phenoxy) is 1. The monoisotopic (exact) mass is 436 g/mol. The number of nitrogens with zero attached hydrogens (tertiary/aromatic N) is 3. The average molecular weight is 437 g/mol. The first-order valence-electron chi connectivity index (χ1n) is 11.5. The summed E-state index contributed by atoms with van der Waals surface area (Å²) in [5.41, 5.74) is 1.56. The number of aromatic nitrogens is 1. The summed E-state index contributed by atoms with van der Waals surface area (Å²) in [6.07, 6.45) is 5.79. The third kappa shape index (κ3) is 5.27. The normalized spacial score (nSPS) is 17.2. The lowest BCUT2D eigenvalue weighted by atomic mass is 10.0. The molecule has 2 aliphatic rings. The highest BCUT2D eigenvalue weighted by Crippen LogP contribution is 2.30. The summed E-state index contributed by atoms with van der Waals surface area (Å²) in [6.45, 7) is 7.04. The Hall–Kier alpha value is -2.93. The van der Waals surface area contributed by atoms with E-state index in [1.54, 1.807) is 17.3 Å². The van der Waals surface area contributed by atoms with E-state index in [1.807, 2.05) is 41.3 Å². The van der Waals surface area contributed by atoms with Gasteiger partial charge in [0.1, 0.15) is 11.9 Å². The Morgan fingerprint density at radius 1 is 1.12 bits per heavy atom. The van der Waals surface area contributed by atoms with Gasteiger partial charge < -0.3 is 15.0 Å². The zero-order chi connectivity index (χ0) is 22.5. The molecular weight excluding hydrogens is 404 g/mol. The van der Waals surface area contributed by atoms with Gasteiger partial charge in [-0.25, -0.2) is 0 Å². The van der Waals surface area contributed by atoms with Crippen molar-refractivity contribution in [2.45, 2.75) is 39.2 Å². The number of carbonyl (C=O) groups is 2. The molecular formula is C25H32N4O3. The van der Waals surface area contributed by atoms with E-state index >= 15 is 0 Å². The first-order valence-corrected chi connectivity index (χ1v) is 11.5. The quantitative estimate of drug-likeness (QED) is 0.720. The number of nitrogens with one attached hydrogen (secondary N) is 1. The summed E-state index contributed by atoms with van der Waals surface area (Å²) in [4.78, 5) is 33.2. The average Bonchev–Trinajstić information content (AvgIpc) is 2.75. The van der Waals surface area contributed by atoms with Gasteiger partial charge in [-0.3, -0.25) is 19.5 Å². The molecule has 1 aromatic heterocycles. The first-order chi connectivity index (χ1) is 15.5. The number of benzene rings is 1. The van der Waals surface area contributed by atoms with E-state index in [-0.39, 0.29) is 23.8 Å². The van der Waals surface area contributed by atoms with Crippen LogP contribution in [-0.2, 0) is 9.59 Å². The lowest BCUT2D eigenvalue weighted by molar-refractivity contribution is -0.133. The van der Waals surface area contributed by atoms with E-state index in [1.165, 1.54) is 0 Å². The number of hydrogen-bond donors (Lipinski definition) is 1. The number of hydrogen-bond acceptors (Lipinski definition) is 5. The molecule has 7 nitrogen and oxygen atoms in total. The zero-order valence-corrected chi connectivity index (χ0v) is 18.9. The van der Waals surface area contributed by atoms with Crippen LogP contribution in [0.25, 0.3) is 0 Å². The summed E-state index contributed by atoms with van der Waals surface area (Å²) >= 11 is 0. The SMILES string of the molecule is CC(C)CC(=O)N1CCC(Oc2ccc(N(C(=O)C3CNC3)c3cccnc3)cc2)CC1. The van der Waals surface area contributed by atoms with E-state index in [0.717, 1.165) is 43.1 Å². The van der Waals surface area contributed by atoms with Crippen LogP contribution in [-0.4, -0.2) is 54.0 Å². The van der Waals surface area contributed by atoms with Crippen LogP contribution in [0.4, 0.5) is 11.4 Å². The van der Waals surface area contributed by atoms with Crippen LogP contribution in [0.5, 0.6) is 5.75 Å². The Morgan fingerprint density at radius 2 is 1.84 bits per heavy atom. The molecule has 0 aliphatic carbocycles. The molecule has 32 heavy (non-hydrogen) atoms. The standard InChI is InChI=1S/C25H32N4O3/c1-18(2)14-24(30)28-12-9-23(10-13-28)32-22-7-5-20(6-8-22)29(21-4-3-11-26-17-21)25(31)19-15-27-16-19/h3-8,11,17-19,23,27H,9-10,12-16H2,1-2H3. The predicted molar refractivity (Wildman–Crippen MR) is 124 cm³/mol. The molecule has 4 rings (SSSR count). The van der Waals surface area contributed by atoms with Crippen molar-refractivity contribution in [3.8, 4) is 5.75 Å². The van der Waals surface area contributed by atoms with Crippen molar-refractivity contribution in [1.82, 2.24) is 15.2 Å². The van der Waals surface area contributed by atoms with Gasteiger partial charge in [-0.05, 0) is 42.3 Å². The summed E-state index contributed by atoms with van der Waals surface area (Å²) in [5, 5.41) is 3.17. The molecule has 2 aliphatic heterocycles. The highest BCUT2D eigenvalue weighted by atomic mass is 16.5. The van der Waals surface area contributed by atoms with Crippen LogP contribution in [0.3, 0.4) is 0 Å². The molecule has 1 N–H and O–H groups in total. The lowest BCUT2D eigenvalue weighted by Crippen LogP contribution is -2.51. The molecule has 0 radical (unpaired) electrons. The Bertz CT molecular complexity index is 905. The van der Waals surface area contributed by atoms with Crippen molar-refractivity contribution in [2.24, 2.45) is 11.8 Å². The van der Waals surface area contributed by atoms with Gasteiger partial charge in [0.25, 0.3) is 0 Å². The van der Waals surface area contributed by atoms with Gasteiger partial charge in [0.05, 0.1) is 17.8 Å². The third-order valence-corrected chi connectivity index (χ3v) is 6.03. The molecule has 3 heterocycles. The Kier molecular flexibility index (Phi) is 7.05. The van der Waals surface area contributed by atoms with Gasteiger partial charge in [0.15, 0.2) is 0 Å². The zero-order valence-electron chi connectivity index (χ0n) is 18.9. The molecule has 7 heteroatoms. The van der Waals surface area contributed by atoms with Crippen molar-refractivity contribution < 1.29 is 14.3 Å². The van der Waals surface area contributed by atoms with Gasteiger partial charge in [-0.2, -0.15) is 0 Å². The molecule has 0 atom stereocenters. The molecule has 0 spiro atoms. The van der Waals surface area contributed by atoms with E-state index in [9.17, 15) is 9.59 Å². The van der Waals surface area contributed by atoms with Crippen LogP contribution in [0.2, 0.25) is 0 Å². The minimum Gasteiger partial charge on any atom is -0.490 e. The van der Waals surface area contributed by atoms with Gasteiger partial charge in [-0.15, -0.1) is 0 Å². The predicted octanol–water partition coefficient (Wildman–Crippen LogP) is 3.38.